The number of nitrogens with zero attached hydrogens (tertiary/aromatic N) is 2. The third-order valence-corrected chi connectivity index (χ3v) is 2.28. The standard InChI is InChI=1S/C11H9ClN4O/c12-9-5-6-10(16-15-9)14-11(17)7-3-1-2-4-8(7)13/h1-6H,13H2,(H,14,16,17). The summed E-state index contributed by atoms with van der Waals surface area (Å²) in [5.41, 5.74) is 6.48. The van der Waals surface area contributed by atoms with Gasteiger partial charge in [-0.15, -0.1) is 10.2 Å². The molecule has 0 saturated heterocycles. The van der Waals surface area contributed by atoms with Gasteiger partial charge in [0.15, 0.2) is 11.0 Å². The zero-order chi connectivity index (χ0) is 12.3. The lowest BCUT2D eigenvalue weighted by atomic mass is 10.1. The molecule has 1 aromatic heterocycles. The molecule has 0 bridgehead atoms. The number of hydrogen-bond acceptors (Lipinski definition) is 4. The van der Waals surface area contributed by atoms with Crippen molar-refractivity contribution in [2.75, 3.05) is 11.1 Å². The van der Waals surface area contributed by atoms with Gasteiger partial charge in [-0.05, 0) is 24.3 Å². The molecule has 0 aliphatic rings. The van der Waals surface area contributed by atoms with Crippen molar-refractivity contribution in [2.24, 2.45) is 0 Å². The molecule has 1 amide bonds. The van der Waals surface area contributed by atoms with Crippen LogP contribution in [-0.4, -0.2) is 16.1 Å². The predicted molar refractivity (Wildman–Crippen MR) is 65.8 cm³/mol. The Kier molecular flexibility index (Phi) is 3.20. The Bertz CT molecular complexity index is 541. The molecule has 2 aromatic rings. The van der Waals surface area contributed by atoms with Gasteiger partial charge in [0.1, 0.15) is 0 Å². The Hall–Kier alpha value is -2.14. The molecule has 1 aromatic carbocycles. The molecule has 0 spiro atoms. The molecule has 0 aliphatic heterocycles. The summed E-state index contributed by atoms with van der Waals surface area (Å²) < 4.78 is 0. The summed E-state index contributed by atoms with van der Waals surface area (Å²) in [7, 11) is 0. The van der Waals surface area contributed by atoms with Crippen molar-refractivity contribution in [1.82, 2.24) is 10.2 Å². The van der Waals surface area contributed by atoms with Gasteiger partial charge in [0, 0.05) is 5.69 Å². The first kappa shape index (κ1) is 11.3. The number of hydrogen-bond donors (Lipinski definition) is 2. The maximum atomic E-state index is 11.8. The number of halogens is 1. The normalized spacial score (nSPS) is 9.94. The number of rotatable bonds is 2. The Balaban J connectivity index is 2.17. The first-order chi connectivity index (χ1) is 8.16. The monoisotopic (exact) mass is 248 g/mol. The SMILES string of the molecule is Nc1ccccc1C(=O)Nc1ccc(Cl)nn1. The van der Waals surface area contributed by atoms with Gasteiger partial charge >= 0.3 is 0 Å². The van der Waals surface area contributed by atoms with E-state index in [1.165, 1.54) is 0 Å². The van der Waals surface area contributed by atoms with E-state index in [9.17, 15) is 4.79 Å². The van der Waals surface area contributed by atoms with Gasteiger partial charge in [0.2, 0.25) is 0 Å². The van der Waals surface area contributed by atoms with E-state index in [0.717, 1.165) is 0 Å². The lowest BCUT2D eigenvalue weighted by Gasteiger charge is -2.05. The second-order valence-electron chi connectivity index (χ2n) is 3.28. The second kappa shape index (κ2) is 4.80. The summed E-state index contributed by atoms with van der Waals surface area (Å²) >= 11 is 5.58. The number of anilines is 2. The Labute approximate surface area is 103 Å². The number of benzene rings is 1. The number of aromatic nitrogens is 2. The van der Waals surface area contributed by atoms with E-state index in [4.69, 9.17) is 17.3 Å². The molecule has 86 valence electrons. The van der Waals surface area contributed by atoms with Crippen LogP contribution in [0.5, 0.6) is 0 Å². The first-order valence-corrected chi connectivity index (χ1v) is 5.19. The molecule has 5 nitrogen and oxygen atoms in total. The van der Waals surface area contributed by atoms with Crippen molar-refractivity contribution in [3.8, 4) is 0 Å². The third kappa shape index (κ3) is 2.70. The molecular formula is C11H9ClN4O. The summed E-state index contributed by atoms with van der Waals surface area (Å²) in [5, 5.41) is 10.2. The van der Waals surface area contributed by atoms with Crippen LogP contribution in [0.25, 0.3) is 0 Å². The highest BCUT2D eigenvalue weighted by Crippen LogP contribution is 2.13. The quantitative estimate of drug-likeness (QED) is 0.796. The van der Waals surface area contributed by atoms with Gasteiger partial charge in [-0.2, -0.15) is 0 Å². The van der Waals surface area contributed by atoms with Crippen LogP contribution in [0.2, 0.25) is 5.15 Å². The molecule has 2 rings (SSSR count). The van der Waals surface area contributed by atoms with Crippen LogP contribution in [-0.2, 0) is 0 Å². The highest BCUT2D eigenvalue weighted by Gasteiger charge is 2.09. The minimum Gasteiger partial charge on any atom is -0.398 e. The molecule has 6 heteroatoms. The third-order valence-electron chi connectivity index (χ3n) is 2.08. The van der Waals surface area contributed by atoms with Crippen LogP contribution in [0.4, 0.5) is 11.5 Å². The average Bonchev–Trinajstić information content (AvgIpc) is 2.32. The minimum absolute atomic E-state index is 0.266. The van der Waals surface area contributed by atoms with Gasteiger partial charge in [0.25, 0.3) is 5.91 Å². The van der Waals surface area contributed by atoms with Crippen LogP contribution in [0.15, 0.2) is 36.4 Å². The zero-order valence-electron chi connectivity index (χ0n) is 8.72. The molecule has 0 atom stereocenters. The largest absolute Gasteiger partial charge is 0.398 e. The van der Waals surface area contributed by atoms with Gasteiger partial charge in [-0.25, -0.2) is 0 Å². The smallest absolute Gasteiger partial charge is 0.258 e. The van der Waals surface area contributed by atoms with Crippen LogP contribution in [0, 0.1) is 0 Å². The number of para-hydroxylation sites is 1. The summed E-state index contributed by atoms with van der Waals surface area (Å²) in [6.45, 7) is 0. The molecule has 3 N–H and O–H groups in total. The van der Waals surface area contributed by atoms with Gasteiger partial charge in [-0.1, -0.05) is 23.7 Å². The van der Waals surface area contributed by atoms with Crippen molar-refractivity contribution >= 4 is 29.0 Å². The molecule has 0 fully saturated rings. The van der Waals surface area contributed by atoms with E-state index in [0.29, 0.717) is 17.1 Å². The highest BCUT2D eigenvalue weighted by atomic mass is 35.5. The van der Waals surface area contributed by atoms with Crippen molar-refractivity contribution < 1.29 is 4.79 Å². The van der Waals surface area contributed by atoms with Crippen LogP contribution in [0.1, 0.15) is 10.4 Å². The van der Waals surface area contributed by atoms with Crippen molar-refractivity contribution in [1.29, 1.82) is 0 Å². The van der Waals surface area contributed by atoms with E-state index in [2.05, 4.69) is 15.5 Å². The number of carbonyl (C=O) groups excluding carboxylic acids is 1. The van der Waals surface area contributed by atoms with E-state index in [1.54, 1.807) is 36.4 Å². The molecule has 0 saturated carbocycles. The molecule has 17 heavy (non-hydrogen) atoms. The van der Waals surface area contributed by atoms with Crippen LogP contribution in [0.3, 0.4) is 0 Å². The lowest BCUT2D eigenvalue weighted by molar-refractivity contribution is 0.102. The fourth-order valence-electron chi connectivity index (χ4n) is 1.27. The first-order valence-electron chi connectivity index (χ1n) is 4.82. The summed E-state index contributed by atoms with van der Waals surface area (Å²) in [5.74, 6) is -0.0117. The van der Waals surface area contributed by atoms with Crippen molar-refractivity contribution in [2.45, 2.75) is 0 Å². The van der Waals surface area contributed by atoms with Crippen LogP contribution >= 0.6 is 11.6 Å². The Morgan fingerprint density at radius 3 is 2.59 bits per heavy atom. The molecule has 0 aliphatic carbocycles. The fourth-order valence-corrected chi connectivity index (χ4v) is 1.37. The van der Waals surface area contributed by atoms with Crippen molar-refractivity contribution in [3.63, 3.8) is 0 Å². The topological polar surface area (TPSA) is 80.9 Å². The van der Waals surface area contributed by atoms with Gasteiger partial charge < -0.3 is 11.1 Å². The van der Waals surface area contributed by atoms with Gasteiger partial charge in [-0.3, -0.25) is 4.79 Å². The predicted octanol–water partition coefficient (Wildman–Crippen LogP) is 1.96. The molecule has 0 unspecified atom stereocenters. The molecule has 0 radical (unpaired) electrons. The van der Waals surface area contributed by atoms with Crippen molar-refractivity contribution in [3.05, 3.63) is 47.1 Å². The summed E-state index contributed by atoms with van der Waals surface area (Å²) in [6.07, 6.45) is 0. The summed E-state index contributed by atoms with van der Waals surface area (Å²) in [6, 6.07) is 9.88. The number of nitrogens with two attached hydrogens (primary N) is 1. The maximum Gasteiger partial charge on any atom is 0.258 e. The fraction of sp³-hybridized carbons (Fsp3) is 0. The Morgan fingerprint density at radius 2 is 1.94 bits per heavy atom. The van der Waals surface area contributed by atoms with Gasteiger partial charge in [0.05, 0.1) is 5.56 Å². The highest BCUT2D eigenvalue weighted by molar-refractivity contribution is 6.29. The summed E-state index contributed by atoms with van der Waals surface area (Å²) in [4.78, 5) is 11.8. The van der Waals surface area contributed by atoms with E-state index >= 15 is 0 Å². The Morgan fingerprint density at radius 1 is 1.18 bits per heavy atom. The number of nitrogens with one attached hydrogen (secondary N) is 1. The molecular weight excluding hydrogens is 240 g/mol. The number of nitrogen functional groups attached to an aromatic ring is 1. The van der Waals surface area contributed by atoms with E-state index < -0.39 is 0 Å². The molecule has 1 heterocycles. The number of carbonyl (C=O) groups is 1. The zero-order valence-corrected chi connectivity index (χ0v) is 9.48. The van der Waals surface area contributed by atoms with Crippen LogP contribution < -0.4 is 11.1 Å². The maximum absolute atomic E-state index is 11.8. The minimum atomic E-state index is -0.334. The number of amides is 1. The van der Waals surface area contributed by atoms with E-state index in [1.807, 2.05) is 0 Å². The second-order valence-corrected chi connectivity index (χ2v) is 3.67. The lowest BCUT2D eigenvalue weighted by Crippen LogP contribution is -2.15. The van der Waals surface area contributed by atoms with E-state index in [-0.39, 0.29) is 11.1 Å². The average molecular weight is 249 g/mol.